The third-order valence-electron chi connectivity index (χ3n) is 15.3. The Kier molecular flexibility index (Phi) is 55.4. The monoisotopic (exact) mass is 1050 g/mol. The first-order chi connectivity index (χ1) is 35.5. The van der Waals surface area contributed by atoms with Gasteiger partial charge in [0, 0.05) is 6.42 Å². The zero-order chi connectivity index (χ0) is 53.5. The Morgan fingerprint density at radius 2 is 0.740 bits per heavy atom. The summed E-state index contributed by atoms with van der Waals surface area (Å²) >= 11 is 0. The number of likely N-dealkylation sites (N-methyl/N-ethyl adjacent to an activating group) is 1. The van der Waals surface area contributed by atoms with Gasteiger partial charge in [0.1, 0.15) is 13.2 Å². The van der Waals surface area contributed by atoms with Crippen LogP contribution < -0.4 is 5.32 Å². The number of carbonyl (C=O) groups excluding carboxylic acids is 1. The molecular formula is C64H130N2O6P+. The largest absolute Gasteiger partial charge is 0.472 e. The molecule has 0 spiro atoms. The van der Waals surface area contributed by atoms with Gasteiger partial charge in [-0.1, -0.05) is 309 Å². The van der Waals surface area contributed by atoms with Crippen molar-refractivity contribution in [1.82, 2.24) is 5.32 Å². The molecule has 0 saturated heterocycles. The van der Waals surface area contributed by atoms with Gasteiger partial charge in [-0.3, -0.25) is 13.8 Å². The molecule has 0 aromatic carbocycles. The molecule has 3 unspecified atom stereocenters. The number of quaternary nitrogens is 1. The van der Waals surface area contributed by atoms with E-state index < -0.39 is 20.0 Å². The molecule has 9 heteroatoms. The lowest BCUT2D eigenvalue weighted by atomic mass is 10.0. The molecule has 3 N–H and O–H groups in total. The smallest absolute Gasteiger partial charge is 0.391 e. The number of nitrogens with one attached hydrogen (secondary N) is 1. The predicted octanol–water partition coefficient (Wildman–Crippen LogP) is 20.2. The maximum Gasteiger partial charge on any atom is 0.472 e. The first-order valence-electron chi connectivity index (χ1n) is 32.6. The van der Waals surface area contributed by atoms with Crippen LogP contribution in [0.1, 0.15) is 341 Å². The van der Waals surface area contributed by atoms with Crippen LogP contribution in [-0.4, -0.2) is 73.4 Å². The number of aliphatic hydroxyl groups excluding tert-OH is 1. The Labute approximate surface area is 456 Å². The molecule has 8 nitrogen and oxygen atoms in total. The van der Waals surface area contributed by atoms with Crippen molar-refractivity contribution in [1.29, 1.82) is 0 Å². The highest BCUT2D eigenvalue weighted by molar-refractivity contribution is 7.47. The number of unbranched alkanes of at least 4 members (excludes halogenated alkanes) is 46. The fraction of sp³-hybridized carbons (Fsp3) is 0.953. The predicted molar refractivity (Wildman–Crippen MR) is 319 cm³/mol. The maximum atomic E-state index is 13.0. The van der Waals surface area contributed by atoms with E-state index in [4.69, 9.17) is 9.05 Å². The van der Waals surface area contributed by atoms with Crippen LogP contribution in [0, 0.1) is 0 Å². The molecular weight excluding hydrogens is 924 g/mol. The van der Waals surface area contributed by atoms with E-state index in [9.17, 15) is 19.4 Å². The van der Waals surface area contributed by atoms with Crippen molar-refractivity contribution in [3.8, 4) is 0 Å². The minimum absolute atomic E-state index is 0.0780. The van der Waals surface area contributed by atoms with E-state index in [2.05, 4.69) is 31.3 Å². The van der Waals surface area contributed by atoms with Crippen LogP contribution in [0.15, 0.2) is 12.2 Å². The summed E-state index contributed by atoms with van der Waals surface area (Å²) in [6.07, 6.45) is 70.0. The lowest BCUT2D eigenvalue weighted by Crippen LogP contribution is -2.46. The fourth-order valence-electron chi connectivity index (χ4n) is 10.2. The Bertz CT molecular complexity index is 1200. The van der Waals surface area contributed by atoms with Gasteiger partial charge in [0.05, 0.1) is 39.9 Å². The highest BCUT2D eigenvalue weighted by atomic mass is 31.2. The summed E-state index contributed by atoms with van der Waals surface area (Å²) in [7, 11) is 1.64. The minimum Gasteiger partial charge on any atom is -0.391 e. The Morgan fingerprint density at radius 1 is 0.452 bits per heavy atom. The molecule has 0 heterocycles. The second kappa shape index (κ2) is 56.0. The van der Waals surface area contributed by atoms with Gasteiger partial charge in [0.25, 0.3) is 0 Å². The third kappa shape index (κ3) is 58.8. The molecule has 1 amide bonds. The quantitative estimate of drug-likeness (QED) is 0.0243. The summed E-state index contributed by atoms with van der Waals surface area (Å²) in [5.41, 5.74) is 0. The van der Waals surface area contributed by atoms with E-state index in [1.165, 1.54) is 276 Å². The lowest BCUT2D eigenvalue weighted by Gasteiger charge is -2.26. The Balaban J connectivity index is 4.05. The van der Waals surface area contributed by atoms with Gasteiger partial charge < -0.3 is 19.8 Å². The molecule has 436 valence electrons. The number of rotatable bonds is 61. The van der Waals surface area contributed by atoms with Gasteiger partial charge >= 0.3 is 7.82 Å². The van der Waals surface area contributed by atoms with Crippen LogP contribution in [-0.2, 0) is 18.4 Å². The standard InChI is InChI=1S/C64H129N2O6P/c1-6-8-10-12-14-16-18-20-22-24-26-28-30-32-33-34-36-38-40-42-44-46-48-50-52-54-56-58-64(68)65-62(61-72-73(69,70)71-60-59-66(3,4)5)63(67)57-55-53-51-49-47-45-43-41-39-37-35-31-29-27-25-23-21-19-17-15-13-11-9-7-2/h24,26,62-63,67H,6-23,25,27-61H2,1-5H3,(H-,65,68,69,70)/p+1/b26-24-. The van der Waals surface area contributed by atoms with Crippen molar-refractivity contribution >= 4 is 13.7 Å². The molecule has 73 heavy (non-hydrogen) atoms. The highest BCUT2D eigenvalue weighted by Crippen LogP contribution is 2.43. The van der Waals surface area contributed by atoms with Gasteiger partial charge in [0.2, 0.25) is 5.91 Å². The highest BCUT2D eigenvalue weighted by Gasteiger charge is 2.28. The van der Waals surface area contributed by atoms with E-state index >= 15 is 0 Å². The Hall–Kier alpha value is -0.760. The second-order valence-electron chi connectivity index (χ2n) is 23.9. The summed E-state index contributed by atoms with van der Waals surface area (Å²) in [4.78, 5) is 23.4. The molecule has 0 rings (SSSR count). The number of hydrogen-bond acceptors (Lipinski definition) is 5. The molecule has 0 aliphatic heterocycles. The first-order valence-corrected chi connectivity index (χ1v) is 34.0. The second-order valence-corrected chi connectivity index (χ2v) is 25.3. The summed E-state index contributed by atoms with van der Waals surface area (Å²) < 4.78 is 23.9. The zero-order valence-electron chi connectivity index (χ0n) is 49.9. The topological polar surface area (TPSA) is 105 Å². The first kappa shape index (κ1) is 72.2. The van der Waals surface area contributed by atoms with Crippen LogP contribution in [0.2, 0.25) is 0 Å². The number of allylic oxidation sites excluding steroid dienone is 2. The van der Waals surface area contributed by atoms with E-state index in [1.54, 1.807) is 0 Å². The van der Waals surface area contributed by atoms with Crippen molar-refractivity contribution in [2.75, 3.05) is 40.9 Å². The molecule has 0 aromatic heterocycles. The molecule has 0 aromatic rings. The molecule has 0 fully saturated rings. The SMILES string of the molecule is CCCCCCCCCC/C=C\CCCCCCCCCCCCCCCCCC(=O)NC(COP(=O)(O)OCC[N+](C)(C)C)C(O)CCCCCCCCCCCCCCCCCCCCCCCCCC. The van der Waals surface area contributed by atoms with Crippen molar-refractivity contribution < 1.29 is 32.9 Å². The molecule has 0 aliphatic rings. The number of nitrogens with zero attached hydrogens (tertiary/aromatic N) is 1. The third-order valence-corrected chi connectivity index (χ3v) is 16.2. The molecule has 3 atom stereocenters. The summed E-state index contributed by atoms with van der Waals surface area (Å²) in [5.74, 6) is -0.136. The fourth-order valence-corrected chi connectivity index (χ4v) is 10.9. The molecule has 0 aliphatic carbocycles. The normalized spacial score (nSPS) is 13.8. The van der Waals surface area contributed by atoms with Crippen LogP contribution in [0.25, 0.3) is 0 Å². The maximum absolute atomic E-state index is 13.0. The molecule has 0 radical (unpaired) electrons. The Morgan fingerprint density at radius 3 is 1.05 bits per heavy atom. The van der Waals surface area contributed by atoms with E-state index in [1.807, 2.05) is 21.1 Å². The van der Waals surface area contributed by atoms with Gasteiger partial charge in [-0.25, -0.2) is 4.57 Å². The number of phosphoric acid groups is 1. The summed E-state index contributed by atoms with van der Waals surface area (Å²) in [6.45, 7) is 4.95. The molecule has 0 saturated carbocycles. The van der Waals surface area contributed by atoms with Crippen LogP contribution in [0.3, 0.4) is 0 Å². The average molecular weight is 1050 g/mol. The van der Waals surface area contributed by atoms with Gasteiger partial charge in [-0.05, 0) is 38.5 Å². The van der Waals surface area contributed by atoms with Crippen molar-refractivity contribution in [3.63, 3.8) is 0 Å². The van der Waals surface area contributed by atoms with Crippen molar-refractivity contribution in [3.05, 3.63) is 12.2 Å². The number of phosphoric ester groups is 1. The van der Waals surface area contributed by atoms with Crippen LogP contribution >= 0.6 is 7.82 Å². The lowest BCUT2D eigenvalue weighted by molar-refractivity contribution is -0.870. The number of amides is 1. The van der Waals surface area contributed by atoms with E-state index in [0.29, 0.717) is 23.9 Å². The molecule has 0 bridgehead atoms. The number of carbonyl (C=O) groups is 1. The zero-order valence-corrected chi connectivity index (χ0v) is 50.8. The van der Waals surface area contributed by atoms with Crippen molar-refractivity contribution in [2.45, 2.75) is 353 Å². The van der Waals surface area contributed by atoms with Crippen molar-refractivity contribution in [2.24, 2.45) is 0 Å². The summed E-state index contributed by atoms with van der Waals surface area (Å²) in [5, 5.41) is 14.1. The average Bonchev–Trinajstić information content (AvgIpc) is 3.35. The number of hydrogen-bond donors (Lipinski definition) is 3. The number of aliphatic hydroxyl groups is 1. The van der Waals surface area contributed by atoms with Gasteiger partial charge in [-0.15, -0.1) is 0 Å². The van der Waals surface area contributed by atoms with Crippen LogP contribution in [0.4, 0.5) is 0 Å². The van der Waals surface area contributed by atoms with Gasteiger partial charge in [-0.2, -0.15) is 0 Å². The van der Waals surface area contributed by atoms with E-state index in [0.717, 1.165) is 38.5 Å². The van der Waals surface area contributed by atoms with Crippen LogP contribution in [0.5, 0.6) is 0 Å². The van der Waals surface area contributed by atoms with E-state index in [-0.39, 0.29) is 19.1 Å². The summed E-state index contributed by atoms with van der Waals surface area (Å²) in [6, 6.07) is -0.758. The van der Waals surface area contributed by atoms with Gasteiger partial charge in [0.15, 0.2) is 0 Å². The minimum atomic E-state index is -4.32.